The van der Waals surface area contributed by atoms with Gasteiger partial charge in [-0.15, -0.1) is 11.3 Å². The van der Waals surface area contributed by atoms with E-state index in [0.29, 0.717) is 32.2 Å². The average Bonchev–Trinajstić information content (AvgIpc) is 3.88. The first-order valence-electron chi connectivity index (χ1n) is 22.4. The van der Waals surface area contributed by atoms with Crippen LogP contribution < -0.4 is 43.8 Å². The molecule has 12 N–H and O–H groups in total. The quantitative estimate of drug-likeness (QED) is 0.0388. The van der Waals surface area contributed by atoms with Gasteiger partial charge in [-0.1, -0.05) is 101 Å². The Balaban J connectivity index is 1.46. The molecule has 0 fully saturated rings. The Hall–Kier alpha value is -6.10. The lowest BCUT2D eigenvalue weighted by Crippen LogP contribution is -2.60. The molecule has 0 saturated heterocycles. The summed E-state index contributed by atoms with van der Waals surface area (Å²) in [4.78, 5) is 86.7. The van der Waals surface area contributed by atoms with Gasteiger partial charge in [-0.2, -0.15) is 0 Å². The third-order valence-corrected chi connectivity index (χ3v) is 12.3. The van der Waals surface area contributed by atoms with Gasteiger partial charge in [0.25, 0.3) is 0 Å². The van der Waals surface area contributed by atoms with Crippen LogP contribution in [0.1, 0.15) is 76.5 Å². The zero-order valence-electron chi connectivity index (χ0n) is 37.7. The fourth-order valence-electron chi connectivity index (χ4n) is 7.84. The van der Waals surface area contributed by atoms with Gasteiger partial charge in [0.2, 0.25) is 35.4 Å². The van der Waals surface area contributed by atoms with Crippen molar-refractivity contribution in [2.45, 2.75) is 115 Å². The molecular weight excluding hydrogens is 843 g/mol. The van der Waals surface area contributed by atoms with E-state index in [-0.39, 0.29) is 37.5 Å². The summed E-state index contributed by atoms with van der Waals surface area (Å²) in [5.74, 6) is -3.69. The van der Waals surface area contributed by atoms with Crippen LogP contribution in [0.15, 0.2) is 90.4 Å². The van der Waals surface area contributed by atoms with E-state index in [9.17, 15) is 28.8 Å². The van der Waals surface area contributed by atoms with E-state index in [1.54, 1.807) is 6.20 Å². The maximum atomic E-state index is 14.7. The number of hydrogen-bond acceptors (Lipinski definition) is 9. The van der Waals surface area contributed by atoms with E-state index < -0.39 is 71.7 Å². The molecule has 5 rings (SSSR count). The zero-order chi connectivity index (χ0) is 47.0. The number of hydrogen-bond donors (Lipinski definition) is 9. The van der Waals surface area contributed by atoms with Crippen LogP contribution in [0.5, 0.6) is 0 Å². The molecule has 0 bridgehead atoms. The summed E-state index contributed by atoms with van der Waals surface area (Å²) < 4.78 is 1.02. The summed E-state index contributed by atoms with van der Waals surface area (Å²) in [7, 11) is 0. The summed E-state index contributed by atoms with van der Waals surface area (Å²) in [5, 5.41) is 18.0. The first-order valence-corrected chi connectivity index (χ1v) is 23.3. The Bertz CT molecular complexity index is 2380. The Labute approximate surface area is 384 Å². The topological polar surface area (TPSA) is 256 Å². The van der Waals surface area contributed by atoms with Crippen molar-refractivity contribution in [2.75, 3.05) is 6.54 Å². The second-order valence-electron chi connectivity index (χ2n) is 17.6. The van der Waals surface area contributed by atoms with Gasteiger partial charge in [0, 0.05) is 41.1 Å². The summed E-state index contributed by atoms with van der Waals surface area (Å²) in [6.07, 6.45) is 4.21. The number of benzene rings is 3. The predicted octanol–water partition coefficient (Wildman–Crippen LogP) is 3.87. The molecule has 0 saturated carbocycles. The second kappa shape index (κ2) is 24.3. The van der Waals surface area contributed by atoms with Crippen LogP contribution >= 0.6 is 11.3 Å². The Kier molecular flexibility index (Phi) is 18.6. The molecule has 348 valence electrons. The van der Waals surface area contributed by atoms with Gasteiger partial charge < -0.3 is 48.8 Å². The number of para-hydroxylation sites is 1. The Morgan fingerprint density at radius 1 is 0.585 bits per heavy atom. The molecule has 0 radical (unpaired) electrons. The van der Waals surface area contributed by atoms with Gasteiger partial charge in [-0.25, -0.2) is 0 Å². The highest BCUT2D eigenvalue weighted by atomic mass is 32.1. The maximum Gasteiger partial charge on any atom is 0.243 e. The van der Waals surface area contributed by atoms with E-state index in [4.69, 9.17) is 17.2 Å². The van der Waals surface area contributed by atoms with Gasteiger partial charge in [0.15, 0.2) is 0 Å². The van der Waals surface area contributed by atoms with Crippen molar-refractivity contribution in [2.24, 2.45) is 29.0 Å². The number of aromatic amines is 1. The molecule has 0 aliphatic carbocycles. The van der Waals surface area contributed by atoms with Crippen LogP contribution in [0.25, 0.3) is 21.0 Å². The summed E-state index contributed by atoms with van der Waals surface area (Å²) in [6, 6.07) is 18.0. The standard InChI is InChI=1S/C49H65N9O6S/c1-29(2)22-38(44(52)59)54-46(61)39(23-30(3)4)56-48(63)41(25-32-27-53-37-19-10-8-16-34(32)37)58-47(62)40(24-31-14-6-5-7-15-31)57-49(64)42(55-45(60)36(51)18-12-13-21-50)26-33-28-65-43-20-11-9-17-35(33)43/h5-11,14-17,19-20,27-30,36,38-42,53H,12-13,18,21-26,50-51H2,1-4H3,(H2,52,59)(H,54,61)(H,55,60)(H,56,63)(H,57,64)(H,58,62)/t36-,38-,39-,40-,41+,42+/m0/s1. The molecule has 0 spiro atoms. The first kappa shape index (κ1) is 49.9. The van der Waals surface area contributed by atoms with E-state index in [0.717, 1.165) is 37.7 Å². The van der Waals surface area contributed by atoms with Crippen LogP contribution in [0.4, 0.5) is 0 Å². The van der Waals surface area contributed by atoms with Crippen LogP contribution in [-0.2, 0) is 48.0 Å². The number of fused-ring (bicyclic) bond motifs is 2. The third kappa shape index (κ3) is 14.7. The van der Waals surface area contributed by atoms with Gasteiger partial charge in [0.1, 0.15) is 30.2 Å². The minimum absolute atomic E-state index is 0.0207. The SMILES string of the molecule is CC(C)C[C@H](NC(=O)[C@H](CC(C)C)NC(=O)[C@@H](Cc1c[nH]c2ccccc12)NC(=O)[C@H](Cc1ccccc1)NC(=O)[C@@H](Cc1csc2ccccc12)NC(=O)[C@@H](N)CCCCN)C(N)=O. The van der Waals surface area contributed by atoms with Crippen molar-refractivity contribution in [3.05, 3.63) is 107 Å². The highest BCUT2D eigenvalue weighted by Crippen LogP contribution is 2.27. The number of thiophene rings is 1. The molecule has 0 aliphatic rings. The lowest BCUT2D eigenvalue weighted by Gasteiger charge is -2.28. The van der Waals surface area contributed by atoms with Crippen LogP contribution in [0.3, 0.4) is 0 Å². The number of carbonyl (C=O) groups is 6. The molecule has 15 nitrogen and oxygen atoms in total. The van der Waals surface area contributed by atoms with Crippen LogP contribution in [0.2, 0.25) is 0 Å². The number of unbranched alkanes of at least 4 members (excludes halogenated alkanes) is 1. The smallest absolute Gasteiger partial charge is 0.243 e. The van der Waals surface area contributed by atoms with Gasteiger partial charge in [-0.3, -0.25) is 28.8 Å². The molecule has 65 heavy (non-hydrogen) atoms. The van der Waals surface area contributed by atoms with Gasteiger partial charge >= 0.3 is 0 Å². The zero-order valence-corrected chi connectivity index (χ0v) is 38.5. The molecule has 3 aromatic carbocycles. The van der Waals surface area contributed by atoms with Crippen LogP contribution in [-0.4, -0.2) is 83.2 Å². The van der Waals surface area contributed by atoms with E-state index in [1.807, 2.05) is 112 Å². The number of aromatic nitrogens is 1. The number of carbonyl (C=O) groups excluding carboxylic acids is 6. The number of rotatable bonds is 25. The number of nitrogens with two attached hydrogens (primary N) is 3. The maximum absolute atomic E-state index is 14.7. The highest BCUT2D eigenvalue weighted by Gasteiger charge is 2.34. The predicted molar refractivity (Wildman–Crippen MR) is 256 cm³/mol. The van der Waals surface area contributed by atoms with Crippen molar-refractivity contribution in [1.29, 1.82) is 0 Å². The third-order valence-electron chi connectivity index (χ3n) is 11.3. The van der Waals surface area contributed by atoms with Crippen LogP contribution in [0, 0.1) is 11.8 Å². The normalized spacial score (nSPS) is 14.3. The first-order chi connectivity index (χ1) is 31.1. The van der Waals surface area contributed by atoms with Gasteiger partial charge in [-0.05, 0) is 83.7 Å². The number of primary amides is 1. The van der Waals surface area contributed by atoms with Crippen molar-refractivity contribution >= 4 is 67.8 Å². The van der Waals surface area contributed by atoms with Crippen molar-refractivity contribution in [3.8, 4) is 0 Å². The monoisotopic (exact) mass is 907 g/mol. The van der Waals surface area contributed by atoms with Crippen molar-refractivity contribution < 1.29 is 28.8 Å². The summed E-state index contributed by atoms with van der Waals surface area (Å²) in [5.41, 5.74) is 20.8. The lowest BCUT2D eigenvalue weighted by atomic mass is 9.98. The van der Waals surface area contributed by atoms with Crippen molar-refractivity contribution in [1.82, 2.24) is 31.6 Å². The van der Waals surface area contributed by atoms with E-state index >= 15 is 0 Å². The summed E-state index contributed by atoms with van der Waals surface area (Å²) in [6.45, 7) is 8.08. The molecule has 2 heterocycles. The lowest BCUT2D eigenvalue weighted by molar-refractivity contribution is -0.135. The number of amides is 6. The minimum Gasteiger partial charge on any atom is -0.368 e. The largest absolute Gasteiger partial charge is 0.368 e. The number of nitrogens with one attached hydrogen (secondary N) is 6. The van der Waals surface area contributed by atoms with Gasteiger partial charge in [0.05, 0.1) is 6.04 Å². The highest BCUT2D eigenvalue weighted by molar-refractivity contribution is 7.17. The molecule has 0 unspecified atom stereocenters. The second-order valence-corrected chi connectivity index (χ2v) is 18.5. The molecule has 6 atom stereocenters. The molecular formula is C49H65N9O6S. The molecule has 6 amide bonds. The Morgan fingerprint density at radius 3 is 1.72 bits per heavy atom. The average molecular weight is 908 g/mol. The fraction of sp³-hybridized carbons (Fsp3) is 0.429. The molecule has 5 aromatic rings. The number of H-pyrrole nitrogens is 1. The van der Waals surface area contributed by atoms with E-state index in [1.165, 1.54) is 11.3 Å². The fourth-order valence-corrected chi connectivity index (χ4v) is 8.81. The minimum atomic E-state index is -1.24. The molecule has 16 heteroatoms. The van der Waals surface area contributed by atoms with Crippen molar-refractivity contribution in [3.63, 3.8) is 0 Å². The Morgan fingerprint density at radius 2 is 1.09 bits per heavy atom. The van der Waals surface area contributed by atoms with E-state index in [2.05, 4.69) is 31.6 Å². The summed E-state index contributed by atoms with van der Waals surface area (Å²) >= 11 is 1.52. The molecule has 0 aliphatic heterocycles. The molecule has 2 aromatic heterocycles.